The van der Waals surface area contributed by atoms with E-state index in [1.807, 2.05) is 12.1 Å². The number of aromatic carboxylic acids is 1. The molecule has 80 valence electrons. The first-order valence-electron chi connectivity index (χ1n) is 5.05. The van der Waals surface area contributed by atoms with Gasteiger partial charge in [-0.25, -0.2) is 4.79 Å². The molecule has 1 aliphatic rings. The average Bonchev–Trinajstić information content (AvgIpc) is 2.30. The Bertz CT molecular complexity index is 342. The number of piperazine rings is 1. The zero-order valence-corrected chi connectivity index (χ0v) is 8.36. The minimum Gasteiger partial charge on any atom is -0.478 e. The number of benzene rings is 1. The summed E-state index contributed by atoms with van der Waals surface area (Å²) in [6.07, 6.45) is 0. The zero-order valence-electron chi connectivity index (χ0n) is 8.36. The number of hydrogen-bond donors (Lipinski definition) is 3. The predicted molar refractivity (Wildman–Crippen MR) is 57.0 cm³/mol. The summed E-state index contributed by atoms with van der Waals surface area (Å²) in [4.78, 5) is 10.7. The van der Waals surface area contributed by atoms with Crippen molar-refractivity contribution in [1.82, 2.24) is 10.6 Å². The van der Waals surface area contributed by atoms with Crippen molar-refractivity contribution >= 4 is 5.97 Å². The van der Waals surface area contributed by atoms with Gasteiger partial charge in [-0.1, -0.05) is 12.1 Å². The molecule has 4 nitrogen and oxygen atoms in total. The van der Waals surface area contributed by atoms with E-state index in [0.29, 0.717) is 11.6 Å². The molecule has 0 bridgehead atoms. The number of nitrogens with one attached hydrogen (secondary N) is 2. The molecule has 15 heavy (non-hydrogen) atoms. The second-order valence-corrected chi connectivity index (χ2v) is 3.64. The van der Waals surface area contributed by atoms with Crippen molar-refractivity contribution in [2.45, 2.75) is 6.04 Å². The maximum Gasteiger partial charge on any atom is 0.335 e. The van der Waals surface area contributed by atoms with E-state index in [4.69, 9.17) is 5.11 Å². The molecule has 1 aliphatic heterocycles. The maximum atomic E-state index is 10.7. The van der Waals surface area contributed by atoms with Gasteiger partial charge < -0.3 is 15.7 Å². The quantitative estimate of drug-likeness (QED) is 0.664. The van der Waals surface area contributed by atoms with E-state index in [2.05, 4.69) is 10.6 Å². The van der Waals surface area contributed by atoms with Crippen LogP contribution in [0.4, 0.5) is 0 Å². The first kappa shape index (κ1) is 10.1. The highest BCUT2D eigenvalue weighted by molar-refractivity contribution is 5.87. The molecule has 1 saturated heterocycles. The molecular formula is C11H14N2O2. The molecule has 2 rings (SSSR count). The van der Waals surface area contributed by atoms with Crippen LogP contribution in [0.1, 0.15) is 22.0 Å². The molecule has 1 fully saturated rings. The van der Waals surface area contributed by atoms with Crippen LogP contribution in [0.2, 0.25) is 0 Å². The number of hydrogen-bond acceptors (Lipinski definition) is 3. The van der Waals surface area contributed by atoms with Crippen LogP contribution >= 0.6 is 0 Å². The highest BCUT2D eigenvalue weighted by atomic mass is 16.4. The lowest BCUT2D eigenvalue weighted by atomic mass is 10.0. The molecule has 1 aromatic carbocycles. The van der Waals surface area contributed by atoms with Gasteiger partial charge in [0.15, 0.2) is 0 Å². The van der Waals surface area contributed by atoms with Gasteiger partial charge in [-0.15, -0.1) is 0 Å². The van der Waals surface area contributed by atoms with Crippen LogP contribution < -0.4 is 10.6 Å². The van der Waals surface area contributed by atoms with Crippen LogP contribution in [0.25, 0.3) is 0 Å². The Morgan fingerprint density at radius 3 is 2.53 bits per heavy atom. The lowest BCUT2D eigenvalue weighted by Gasteiger charge is -2.24. The lowest BCUT2D eigenvalue weighted by molar-refractivity contribution is 0.0697. The van der Waals surface area contributed by atoms with Crippen molar-refractivity contribution in [3.05, 3.63) is 35.4 Å². The van der Waals surface area contributed by atoms with Gasteiger partial charge in [0, 0.05) is 25.7 Å². The molecule has 1 aromatic rings. The van der Waals surface area contributed by atoms with Gasteiger partial charge in [0.2, 0.25) is 0 Å². The molecule has 1 unspecified atom stereocenters. The summed E-state index contributed by atoms with van der Waals surface area (Å²) in [6.45, 7) is 2.83. The highest BCUT2D eigenvalue weighted by Gasteiger charge is 2.14. The van der Waals surface area contributed by atoms with Gasteiger partial charge in [-0.05, 0) is 17.7 Å². The van der Waals surface area contributed by atoms with Crippen molar-refractivity contribution in [2.24, 2.45) is 0 Å². The fraction of sp³-hybridized carbons (Fsp3) is 0.364. The molecule has 0 radical (unpaired) electrons. The Morgan fingerprint density at radius 1 is 1.27 bits per heavy atom. The normalized spacial score (nSPS) is 21.2. The van der Waals surface area contributed by atoms with Crippen molar-refractivity contribution in [3.63, 3.8) is 0 Å². The van der Waals surface area contributed by atoms with Crippen LogP contribution in [0, 0.1) is 0 Å². The third-order valence-electron chi connectivity index (χ3n) is 2.60. The van der Waals surface area contributed by atoms with Crippen LogP contribution in [-0.4, -0.2) is 30.7 Å². The monoisotopic (exact) mass is 206 g/mol. The van der Waals surface area contributed by atoms with Gasteiger partial charge in [-0.2, -0.15) is 0 Å². The van der Waals surface area contributed by atoms with Crippen LogP contribution in [0.3, 0.4) is 0 Å². The number of carboxylic acid groups (broad SMARTS) is 1. The lowest BCUT2D eigenvalue weighted by Crippen LogP contribution is -2.42. The number of carboxylic acids is 1. The molecule has 0 spiro atoms. The molecule has 0 amide bonds. The van der Waals surface area contributed by atoms with E-state index >= 15 is 0 Å². The van der Waals surface area contributed by atoms with Gasteiger partial charge in [0.05, 0.1) is 5.56 Å². The maximum absolute atomic E-state index is 10.7. The van der Waals surface area contributed by atoms with Crippen molar-refractivity contribution in [1.29, 1.82) is 0 Å². The summed E-state index contributed by atoms with van der Waals surface area (Å²) >= 11 is 0. The first-order chi connectivity index (χ1) is 7.27. The van der Waals surface area contributed by atoms with Crippen LogP contribution in [0.5, 0.6) is 0 Å². The van der Waals surface area contributed by atoms with Crippen molar-refractivity contribution in [3.8, 4) is 0 Å². The highest BCUT2D eigenvalue weighted by Crippen LogP contribution is 2.14. The van der Waals surface area contributed by atoms with E-state index in [1.165, 1.54) is 0 Å². The second-order valence-electron chi connectivity index (χ2n) is 3.64. The molecule has 4 heteroatoms. The fourth-order valence-electron chi connectivity index (χ4n) is 1.75. The molecule has 1 atom stereocenters. The summed E-state index contributed by atoms with van der Waals surface area (Å²) in [5, 5.41) is 15.4. The summed E-state index contributed by atoms with van der Waals surface area (Å²) < 4.78 is 0. The van der Waals surface area contributed by atoms with Crippen LogP contribution in [0.15, 0.2) is 24.3 Å². The zero-order chi connectivity index (χ0) is 10.7. The molecule has 0 saturated carbocycles. The summed E-state index contributed by atoms with van der Waals surface area (Å²) in [7, 11) is 0. The Morgan fingerprint density at radius 2 is 2.00 bits per heavy atom. The van der Waals surface area contributed by atoms with Gasteiger partial charge >= 0.3 is 5.97 Å². The van der Waals surface area contributed by atoms with Crippen LogP contribution in [-0.2, 0) is 0 Å². The molecule has 3 N–H and O–H groups in total. The van der Waals surface area contributed by atoms with Crippen molar-refractivity contribution < 1.29 is 9.90 Å². The third-order valence-corrected chi connectivity index (χ3v) is 2.60. The molecule has 1 heterocycles. The summed E-state index contributed by atoms with van der Waals surface area (Å²) in [6, 6.07) is 7.33. The van der Waals surface area contributed by atoms with E-state index < -0.39 is 5.97 Å². The van der Waals surface area contributed by atoms with Gasteiger partial charge in [0.25, 0.3) is 0 Å². The number of rotatable bonds is 2. The topological polar surface area (TPSA) is 61.4 Å². The minimum absolute atomic E-state index is 0.293. The first-order valence-corrected chi connectivity index (χ1v) is 5.05. The summed E-state index contributed by atoms with van der Waals surface area (Å²) in [5.41, 5.74) is 1.47. The second kappa shape index (κ2) is 4.42. The smallest absolute Gasteiger partial charge is 0.335 e. The van der Waals surface area contributed by atoms with E-state index in [-0.39, 0.29) is 0 Å². The fourth-order valence-corrected chi connectivity index (χ4v) is 1.75. The van der Waals surface area contributed by atoms with E-state index in [9.17, 15) is 4.79 Å². The number of carbonyl (C=O) groups is 1. The summed E-state index contributed by atoms with van der Waals surface area (Å²) in [5.74, 6) is -0.878. The van der Waals surface area contributed by atoms with Crippen molar-refractivity contribution in [2.75, 3.05) is 19.6 Å². The van der Waals surface area contributed by atoms with Gasteiger partial charge in [-0.3, -0.25) is 0 Å². The Balaban J connectivity index is 2.11. The van der Waals surface area contributed by atoms with E-state index in [0.717, 1.165) is 25.2 Å². The largest absolute Gasteiger partial charge is 0.478 e. The Labute approximate surface area is 88.3 Å². The Hall–Kier alpha value is -1.39. The Kier molecular flexibility index (Phi) is 2.99. The molecular weight excluding hydrogens is 192 g/mol. The average molecular weight is 206 g/mol. The van der Waals surface area contributed by atoms with Gasteiger partial charge in [0.1, 0.15) is 0 Å². The minimum atomic E-state index is -0.878. The predicted octanol–water partition coefficient (Wildman–Crippen LogP) is 0.619. The molecule has 0 aromatic heterocycles. The SMILES string of the molecule is O=C(O)c1ccc(C2CNCCN2)cc1. The molecule has 0 aliphatic carbocycles. The van der Waals surface area contributed by atoms with E-state index in [1.54, 1.807) is 12.1 Å². The standard InChI is InChI=1S/C11H14N2O2/c14-11(15)9-3-1-8(2-4-9)10-7-12-5-6-13-10/h1-4,10,12-13H,5-7H2,(H,14,15). The third kappa shape index (κ3) is 2.34.